The summed E-state index contributed by atoms with van der Waals surface area (Å²) in [6, 6.07) is 0. The lowest BCUT2D eigenvalue weighted by Gasteiger charge is -2.14. The van der Waals surface area contributed by atoms with Crippen LogP contribution >= 0.6 is 0 Å². The van der Waals surface area contributed by atoms with Crippen LogP contribution in [-0.2, 0) is 23.9 Å². The van der Waals surface area contributed by atoms with E-state index in [1.54, 1.807) is 0 Å². The van der Waals surface area contributed by atoms with Gasteiger partial charge in [0, 0.05) is 6.92 Å². The van der Waals surface area contributed by atoms with Gasteiger partial charge < -0.3 is 14.8 Å². The van der Waals surface area contributed by atoms with Gasteiger partial charge in [0.1, 0.15) is 0 Å². The highest BCUT2D eigenvalue weighted by atomic mass is 16.5. The molecule has 1 amide bonds. The molecule has 0 unspecified atom stereocenters. The van der Waals surface area contributed by atoms with E-state index in [0.29, 0.717) is 0 Å². The normalized spacial score (nSPS) is 27.8. The van der Waals surface area contributed by atoms with Crippen LogP contribution in [0.25, 0.3) is 0 Å². The van der Waals surface area contributed by atoms with Gasteiger partial charge in [-0.15, -0.1) is 0 Å². The van der Waals surface area contributed by atoms with Gasteiger partial charge in [-0.2, -0.15) is 0 Å². The molecule has 1 aliphatic rings. The Morgan fingerprint density at radius 1 is 1.27 bits per heavy atom. The first-order chi connectivity index (χ1) is 6.97. The largest absolute Gasteiger partial charge is 0.469 e. The molecule has 84 valence electrons. The zero-order valence-corrected chi connectivity index (χ0v) is 8.83. The number of nitrogens with one attached hydrogen (secondary N) is 1. The van der Waals surface area contributed by atoms with E-state index in [1.165, 1.54) is 21.1 Å². The van der Waals surface area contributed by atoms with E-state index in [2.05, 4.69) is 14.8 Å². The van der Waals surface area contributed by atoms with Gasteiger partial charge in [0.2, 0.25) is 5.91 Å². The maximum absolute atomic E-state index is 11.4. The fraction of sp³-hybridized carbons (Fsp3) is 0.667. The standard InChI is InChI=1S/C9H13NO5/c1-5(11)10-9(8(13)15-3)4-6(9)7(12)14-2/h6H,4H2,1-3H3,(H,10,11)/t6-,9-/m1/s1. The summed E-state index contributed by atoms with van der Waals surface area (Å²) in [6.07, 6.45) is 0.228. The third kappa shape index (κ3) is 1.93. The predicted octanol–water partition coefficient (Wildman–Crippen LogP) is -0.773. The van der Waals surface area contributed by atoms with Crippen LogP contribution in [0.1, 0.15) is 13.3 Å². The van der Waals surface area contributed by atoms with Gasteiger partial charge in [0.05, 0.1) is 20.1 Å². The summed E-state index contributed by atoms with van der Waals surface area (Å²) in [7, 11) is 2.44. The molecule has 0 aromatic carbocycles. The van der Waals surface area contributed by atoms with Crippen molar-refractivity contribution < 1.29 is 23.9 Å². The Morgan fingerprint density at radius 2 is 1.87 bits per heavy atom. The van der Waals surface area contributed by atoms with Crippen LogP contribution in [0.2, 0.25) is 0 Å². The molecule has 0 aromatic rings. The van der Waals surface area contributed by atoms with Gasteiger partial charge in [-0.3, -0.25) is 9.59 Å². The van der Waals surface area contributed by atoms with Gasteiger partial charge in [-0.05, 0) is 6.42 Å². The van der Waals surface area contributed by atoms with Gasteiger partial charge in [0.25, 0.3) is 0 Å². The topological polar surface area (TPSA) is 81.7 Å². The molecule has 6 heteroatoms. The molecule has 0 aromatic heterocycles. The van der Waals surface area contributed by atoms with E-state index in [1.807, 2.05) is 0 Å². The lowest BCUT2D eigenvalue weighted by Crippen LogP contribution is -2.45. The van der Waals surface area contributed by atoms with Gasteiger partial charge in [-0.25, -0.2) is 4.79 Å². The van der Waals surface area contributed by atoms with Crippen LogP contribution in [-0.4, -0.2) is 37.6 Å². The summed E-state index contributed by atoms with van der Waals surface area (Å²) in [5.41, 5.74) is -1.21. The molecule has 1 N–H and O–H groups in total. The summed E-state index contributed by atoms with van der Waals surface area (Å²) in [4.78, 5) is 33.5. The second-order valence-electron chi connectivity index (χ2n) is 3.42. The van der Waals surface area contributed by atoms with E-state index < -0.39 is 23.4 Å². The highest BCUT2D eigenvalue weighted by Gasteiger charge is 2.66. The van der Waals surface area contributed by atoms with Crippen molar-refractivity contribution in [2.75, 3.05) is 14.2 Å². The molecular weight excluding hydrogens is 202 g/mol. The molecule has 1 saturated carbocycles. The van der Waals surface area contributed by atoms with E-state index in [-0.39, 0.29) is 12.3 Å². The molecule has 1 rings (SSSR count). The van der Waals surface area contributed by atoms with E-state index in [4.69, 9.17) is 0 Å². The fourth-order valence-electron chi connectivity index (χ4n) is 1.60. The van der Waals surface area contributed by atoms with Crippen molar-refractivity contribution >= 4 is 17.8 Å². The highest BCUT2D eigenvalue weighted by Crippen LogP contribution is 2.45. The zero-order chi connectivity index (χ0) is 11.6. The van der Waals surface area contributed by atoms with Crippen LogP contribution in [0.15, 0.2) is 0 Å². The van der Waals surface area contributed by atoms with Crippen molar-refractivity contribution in [3.63, 3.8) is 0 Å². The zero-order valence-electron chi connectivity index (χ0n) is 8.83. The summed E-state index contributed by atoms with van der Waals surface area (Å²) < 4.78 is 9.05. The van der Waals surface area contributed by atoms with Crippen LogP contribution in [0.3, 0.4) is 0 Å². The predicted molar refractivity (Wildman–Crippen MR) is 48.7 cm³/mol. The molecule has 6 nitrogen and oxygen atoms in total. The Balaban J connectivity index is 2.80. The molecule has 0 spiro atoms. The molecule has 15 heavy (non-hydrogen) atoms. The first kappa shape index (κ1) is 11.5. The number of hydrogen-bond acceptors (Lipinski definition) is 5. The first-order valence-electron chi connectivity index (χ1n) is 4.43. The minimum atomic E-state index is -1.21. The van der Waals surface area contributed by atoms with Crippen molar-refractivity contribution in [2.24, 2.45) is 5.92 Å². The third-order valence-electron chi connectivity index (χ3n) is 2.40. The summed E-state index contributed by atoms with van der Waals surface area (Å²) >= 11 is 0. The van der Waals surface area contributed by atoms with Crippen molar-refractivity contribution in [1.29, 1.82) is 0 Å². The Kier molecular flexibility index (Phi) is 2.97. The SMILES string of the molecule is COC(=O)[C@H]1C[C@]1(NC(C)=O)C(=O)OC. The summed E-state index contributed by atoms with van der Waals surface area (Å²) in [5.74, 6) is -2.16. The second kappa shape index (κ2) is 3.88. The first-order valence-corrected chi connectivity index (χ1v) is 4.43. The average molecular weight is 215 g/mol. The molecule has 1 aliphatic carbocycles. The fourth-order valence-corrected chi connectivity index (χ4v) is 1.60. The number of hydrogen-bond donors (Lipinski definition) is 1. The maximum Gasteiger partial charge on any atom is 0.332 e. The lowest BCUT2D eigenvalue weighted by molar-refractivity contribution is -0.151. The van der Waals surface area contributed by atoms with E-state index in [0.717, 1.165) is 0 Å². The van der Waals surface area contributed by atoms with Crippen molar-refractivity contribution in [3.05, 3.63) is 0 Å². The number of carbonyl (C=O) groups excluding carboxylic acids is 3. The van der Waals surface area contributed by atoms with Crippen LogP contribution in [0.4, 0.5) is 0 Å². The molecule has 2 atom stereocenters. The number of methoxy groups -OCH3 is 2. The minimum absolute atomic E-state index is 0.228. The second-order valence-corrected chi connectivity index (χ2v) is 3.42. The van der Waals surface area contributed by atoms with Crippen molar-refractivity contribution in [2.45, 2.75) is 18.9 Å². The van der Waals surface area contributed by atoms with Crippen LogP contribution in [0, 0.1) is 5.92 Å². The van der Waals surface area contributed by atoms with Gasteiger partial charge in [-0.1, -0.05) is 0 Å². The minimum Gasteiger partial charge on any atom is -0.469 e. The van der Waals surface area contributed by atoms with E-state index >= 15 is 0 Å². The number of rotatable bonds is 3. The van der Waals surface area contributed by atoms with Crippen LogP contribution in [0.5, 0.6) is 0 Å². The molecule has 0 bridgehead atoms. The molecule has 0 radical (unpaired) electrons. The molecule has 0 saturated heterocycles. The van der Waals surface area contributed by atoms with Crippen LogP contribution < -0.4 is 5.32 Å². The monoisotopic (exact) mass is 215 g/mol. The van der Waals surface area contributed by atoms with Gasteiger partial charge in [0.15, 0.2) is 5.54 Å². The highest BCUT2D eigenvalue weighted by molar-refractivity contribution is 5.98. The summed E-state index contributed by atoms with van der Waals surface area (Å²) in [5, 5.41) is 2.43. The van der Waals surface area contributed by atoms with Crippen molar-refractivity contribution in [3.8, 4) is 0 Å². The quantitative estimate of drug-likeness (QED) is 0.625. The Hall–Kier alpha value is -1.59. The Labute approximate surface area is 86.9 Å². The Morgan fingerprint density at radius 3 is 2.27 bits per heavy atom. The third-order valence-corrected chi connectivity index (χ3v) is 2.40. The van der Waals surface area contributed by atoms with Crippen molar-refractivity contribution in [1.82, 2.24) is 5.32 Å². The van der Waals surface area contributed by atoms with Gasteiger partial charge >= 0.3 is 11.9 Å². The Bertz CT molecular complexity index is 314. The molecule has 0 heterocycles. The molecule has 1 fully saturated rings. The number of ether oxygens (including phenoxy) is 2. The lowest BCUT2D eigenvalue weighted by atomic mass is 10.2. The smallest absolute Gasteiger partial charge is 0.332 e. The average Bonchev–Trinajstić information content (AvgIpc) is 2.90. The summed E-state index contributed by atoms with van der Waals surface area (Å²) in [6.45, 7) is 1.28. The molecular formula is C9H13NO5. The molecule has 0 aliphatic heterocycles. The van der Waals surface area contributed by atoms with E-state index in [9.17, 15) is 14.4 Å². The number of amides is 1. The maximum atomic E-state index is 11.4. The number of esters is 2. The number of carbonyl (C=O) groups is 3.